The third kappa shape index (κ3) is 2.50. The Bertz CT molecular complexity index is 331. The maximum atomic E-state index is 12.9. The summed E-state index contributed by atoms with van der Waals surface area (Å²) in [4.78, 5) is 0. The SMILES string of the molecule is Fc1cccc(CNC2(CCl)CCC2)c1. The molecule has 1 N–H and O–H groups in total. The van der Waals surface area contributed by atoms with Gasteiger partial charge in [0.1, 0.15) is 5.82 Å². The van der Waals surface area contributed by atoms with Crippen LogP contribution in [0.2, 0.25) is 0 Å². The minimum atomic E-state index is -0.178. The van der Waals surface area contributed by atoms with E-state index in [-0.39, 0.29) is 11.4 Å². The summed E-state index contributed by atoms with van der Waals surface area (Å²) < 4.78 is 12.9. The zero-order chi connectivity index (χ0) is 10.7. The molecule has 0 atom stereocenters. The van der Waals surface area contributed by atoms with E-state index < -0.39 is 0 Å². The van der Waals surface area contributed by atoms with E-state index >= 15 is 0 Å². The minimum absolute atomic E-state index is 0.105. The van der Waals surface area contributed by atoms with Crippen molar-refractivity contribution in [3.05, 3.63) is 35.6 Å². The lowest BCUT2D eigenvalue weighted by Gasteiger charge is -2.41. The van der Waals surface area contributed by atoms with Crippen molar-refractivity contribution in [1.82, 2.24) is 5.32 Å². The second-order valence-electron chi connectivity index (χ2n) is 4.25. The lowest BCUT2D eigenvalue weighted by Crippen LogP contribution is -2.52. The van der Waals surface area contributed by atoms with E-state index in [1.54, 1.807) is 12.1 Å². The first-order chi connectivity index (χ1) is 7.24. The van der Waals surface area contributed by atoms with E-state index in [1.807, 2.05) is 6.07 Å². The van der Waals surface area contributed by atoms with Crippen molar-refractivity contribution in [3.8, 4) is 0 Å². The zero-order valence-electron chi connectivity index (χ0n) is 8.60. The molecule has 3 heteroatoms. The molecule has 1 saturated carbocycles. The first-order valence-corrected chi connectivity index (χ1v) is 5.83. The molecule has 2 rings (SSSR count). The molecule has 0 aromatic heterocycles. The number of hydrogen-bond acceptors (Lipinski definition) is 1. The van der Waals surface area contributed by atoms with Crippen molar-refractivity contribution in [3.63, 3.8) is 0 Å². The number of benzene rings is 1. The van der Waals surface area contributed by atoms with E-state index in [9.17, 15) is 4.39 Å². The van der Waals surface area contributed by atoms with Gasteiger partial charge < -0.3 is 5.32 Å². The molecule has 1 aliphatic carbocycles. The van der Waals surface area contributed by atoms with Gasteiger partial charge in [-0.15, -0.1) is 11.6 Å². The quantitative estimate of drug-likeness (QED) is 0.780. The molecule has 0 radical (unpaired) electrons. The van der Waals surface area contributed by atoms with Gasteiger partial charge >= 0.3 is 0 Å². The summed E-state index contributed by atoms with van der Waals surface area (Å²) in [7, 11) is 0. The molecule has 0 aliphatic heterocycles. The van der Waals surface area contributed by atoms with Crippen LogP contribution in [-0.4, -0.2) is 11.4 Å². The standard InChI is InChI=1S/C12H15ClFN/c13-9-12(5-2-6-12)15-8-10-3-1-4-11(14)7-10/h1,3-4,7,15H,2,5-6,8-9H2. The van der Waals surface area contributed by atoms with E-state index in [1.165, 1.54) is 12.5 Å². The Kier molecular flexibility index (Phi) is 3.27. The van der Waals surface area contributed by atoms with Gasteiger partial charge in [-0.25, -0.2) is 4.39 Å². The van der Waals surface area contributed by atoms with Crippen molar-refractivity contribution in [2.75, 3.05) is 5.88 Å². The van der Waals surface area contributed by atoms with Gasteiger partial charge in [0.2, 0.25) is 0 Å². The summed E-state index contributed by atoms with van der Waals surface area (Å²) in [6, 6.07) is 6.69. The average Bonchev–Trinajstić information content (AvgIpc) is 2.17. The molecule has 1 fully saturated rings. The number of rotatable bonds is 4. The van der Waals surface area contributed by atoms with Gasteiger partial charge in [-0.1, -0.05) is 12.1 Å². The summed E-state index contributed by atoms with van der Waals surface area (Å²) in [6.45, 7) is 0.699. The van der Waals surface area contributed by atoms with Crippen LogP contribution >= 0.6 is 11.6 Å². The summed E-state index contributed by atoms with van der Waals surface area (Å²) in [5.41, 5.74) is 1.08. The molecule has 0 saturated heterocycles. The predicted octanol–water partition coefficient (Wildman–Crippen LogP) is 3.08. The second kappa shape index (κ2) is 4.50. The Morgan fingerprint density at radius 2 is 2.20 bits per heavy atom. The van der Waals surface area contributed by atoms with Crippen LogP contribution in [0.4, 0.5) is 4.39 Å². The monoisotopic (exact) mass is 227 g/mol. The van der Waals surface area contributed by atoms with E-state index in [0.717, 1.165) is 18.4 Å². The second-order valence-corrected chi connectivity index (χ2v) is 4.52. The molecule has 15 heavy (non-hydrogen) atoms. The Hall–Kier alpha value is -0.600. The molecule has 0 amide bonds. The Labute approximate surface area is 94.6 Å². The van der Waals surface area contributed by atoms with Gasteiger partial charge in [-0.05, 0) is 37.0 Å². The third-order valence-corrected chi connectivity index (χ3v) is 3.63. The Morgan fingerprint density at radius 1 is 1.40 bits per heavy atom. The molecule has 1 aliphatic rings. The van der Waals surface area contributed by atoms with Crippen molar-refractivity contribution < 1.29 is 4.39 Å². The van der Waals surface area contributed by atoms with Gasteiger partial charge in [-0.2, -0.15) is 0 Å². The van der Waals surface area contributed by atoms with Gasteiger partial charge in [0, 0.05) is 18.0 Å². The molecule has 82 valence electrons. The Morgan fingerprint density at radius 3 is 2.73 bits per heavy atom. The summed E-state index contributed by atoms with van der Waals surface area (Å²) in [6.07, 6.45) is 3.50. The average molecular weight is 228 g/mol. The van der Waals surface area contributed by atoms with Crippen molar-refractivity contribution in [2.45, 2.75) is 31.3 Å². The highest BCUT2D eigenvalue weighted by atomic mass is 35.5. The maximum Gasteiger partial charge on any atom is 0.123 e. The van der Waals surface area contributed by atoms with Crippen LogP contribution in [0.3, 0.4) is 0 Å². The number of hydrogen-bond donors (Lipinski definition) is 1. The number of nitrogens with one attached hydrogen (secondary N) is 1. The van der Waals surface area contributed by atoms with Crippen molar-refractivity contribution in [1.29, 1.82) is 0 Å². The summed E-state index contributed by atoms with van der Waals surface area (Å²) in [5, 5.41) is 3.43. The first kappa shape index (κ1) is 10.9. The largest absolute Gasteiger partial charge is 0.306 e. The van der Waals surface area contributed by atoms with Gasteiger partial charge in [0.25, 0.3) is 0 Å². The van der Waals surface area contributed by atoms with Crippen molar-refractivity contribution in [2.24, 2.45) is 0 Å². The van der Waals surface area contributed by atoms with Crippen LogP contribution in [0, 0.1) is 5.82 Å². The van der Waals surface area contributed by atoms with Crippen molar-refractivity contribution >= 4 is 11.6 Å². The van der Waals surface area contributed by atoms with E-state index in [0.29, 0.717) is 12.4 Å². The smallest absolute Gasteiger partial charge is 0.123 e. The lowest BCUT2D eigenvalue weighted by molar-refractivity contribution is 0.211. The summed E-state index contributed by atoms with van der Waals surface area (Å²) in [5.74, 6) is 0.463. The molecule has 0 bridgehead atoms. The fourth-order valence-electron chi connectivity index (χ4n) is 1.90. The van der Waals surface area contributed by atoms with Gasteiger partial charge in [0.15, 0.2) is 0 Å². The molecule has 1 aromatic carbocycles. The number of halogens is 2. The molecule has 1 nitrogen and oxygen atoms in total. The highest BCUT2D eigenvalue weighted by Crippen LogP contribution is 2.33. The fraction of sp³-hybridized carbons (Fsp3) is 0.500. The lowest BCUT2D eigenvalue weighted by atomic mass is 9.78. The predicted molar refractivity (Wildman–Crippen MR) is 60.5 cm³/mol. The minimum Gasteiger partial charge on any atom is -0.306 e. The zero-order valence-corrected chi connectivity index (χ0v) is 9.36. The first-order valence-electron chi connectivity index (χ1n) is 5.30. The highest BCUT2D eigenvalue weighted by Gasteiger charge is 2.35. The van der Waals surface area contributed by atoms with Crippen LogP contribution < -0.4 is 5.32 Å². The van der Waals surface area contributed by atoms with E-state index in [2.05, 4.69) is 5.32 Å². The maximum absolute atomic E-state index is 12.9. The third-order valence-electron chi connectivity index (χ3n) is 3.12. The molecular formula is C12H15ClFN. The molecule has 0 heterocycles. The van der Waals surface area contributed by atoms with Crippen LogP contribution in [0.5, 0.6) is 0 Å². The molecule has 0 unspecified atom stereocenters. The van der Waals surface area contributed by atoms with E-state index in [4.69, 9.17) is 11.6 Å². The van der Waals surface area contributed by atoms with Crippen LogP contribution in [0.25, 0.3) is 0 Å². The normalized spacial score (nSPS) is 18.5. The van der Waals surface area contributed by atoms with Gasteiger partial charge in [0.05, 0.1) is 0 Å². The van der Waals surface area contributed by atoms with Gasteiger partial charge in [-0.3, -0.25) is 0 Å². The number of alkyl halides is 1. The molecule has 0 spiro atoms. The molecular weight excluding hydrogens is 213 g/mol. The fourth-order valence-corrected chi connectivity index (χ4v) is 2.26. The molecule has 1 aromatic rings. The van der Waals surface area contributed by atoms with Crippen LogP contribution in [-0.2, 0) is 6.54 Å². The summed E-state index contributed by atoms with van der Waals surface area (Å²) >= 11 is 5.92. The van der Waals surface area contributed by atoms with Crippen LogP contribution in [0.1, 0.15) is 24.8 Å². The highest BCUT2D eigenvalue weighted by molar-refractivity contribution is 6.18. The van der Waals surface area contributed by atoms with Crippen LogP contribution in [0.15, 0.2) is 24.3 Å². The topological polar surface area (TPSA) is 12.0 Å². The Balaban J connectivity index is 1.92.